The number of fused-ring (bicyclic) bond motifs is 1. The Hall–Kier alpha value is -3.86. The molecule has 0 aliphatic heterocycles. The number of nitrogens with one attached hydrogen (secondary N) is 2. The van der Waals surface area contributed by atoms with Gasteiger partial charge >= 0.3 is 0 Å². The topological polar surface area (TPSA) is 101 Å². The Kier molecular flexibility index (Phi) is 7.12. The van der Waals surface area contributed by atoms with Crippen molar-refractivity contribution in [2.24, 2.45) is 0 Å². The van der Waals surface area contributed by atoms with E-state index in [0.717, 1.165) is 23.4 Å². The van der Waals surface area contributed by atoms with Crippen LogP contribution in [0.25, 0.3) is 5.65 Å². The summed E-state index contributed by atoms with van der Waals surface area (Å²) >= 11 is 1.15. The van der Waals surface area contributed by atoms with Crippen LogP contribution in [-0.4, -0.2) is 43.9 Å². The van der Waals surface area contributed by atoms with E-state index in [-0.39, 0.29) is 17.3 Å². The van der Waals surface area contributed by atoms with Gasteiger partial charge in [0.1, 0.15) is 16.7 Å². The maximum Gasteiger partial charge on any atom is 0.251 e. The number of halogens is 2. The molecule has 2 amide bonds. The van der Waals surface area contributed by atoms with E-state index in [0.29, 0.717) is 41.1 Å². The molecule has 2 heterocycles. The number of anilines is 1. The van der Waals surface area contributed by atoms with E-state index >= 15 is 0 Å². The lowest BCUT2D eigenvalue weighted by molar-refractivity contribution is -0.113. The molecular weight excluding hydrogens is 462 g/mol. The monoisotopic (exact) mass is 482 g/mol. The second kappa shape index (κ2) is 10.4. The van der Waals surface area contributed by atoms with Crippen molar-refractivity contribution >= 4 is 34.9 Å². The van der Waals surface area contributed by atoms with E-state index < -0.39 is 17.5 Å². The van der Waals surface area contributed by atoms with Crippen LogP contribution in [0.5, 0.6) is 0 Å². The van der Waals surface area contributed by atoms with Crippen LogP contribution in [-0.2, 0) is 11.2 Å². The Bertz CT molecular complexity index is 1340. The first-order valence-electron chi connectivity index (χ1n) is 10.3. The zero-order chi connectivity index (χ0) is 24.1. The van der Waals surface area contributed by atoms with Crippen LogP contribution in [0, 0.1) is 18.6 Å². The van der Waals surface area contributed by atoms with Crippen molar-refractivity contribution in [1.29, 1.82) is 0 Å². The minimum Gasteiger partial charge on any atom is -0.352 e. The van der Waals surface area contributed by atoms with Gasteiger partial charge < -0.3 is 10.6 Å². The van der Waals surface area contributed by atoms with Gasteiger partial charge in [0.15, 0.2) is 11.5 Å². The number of hydrogen-bond acceptors (Lipinski definition) is 6. The van der Waals surface area contributed by atoms with E-state index in [2.05, 4.69) is 25.9 Å². The lowest BCUT2D eigenvalue weighted by Gasteiger charge is -2.07. The minimum atomic E-state index is -0.846. The Labute approximate surface area is 197 Å². The molecule has 0 bridgehead atoms. The first kappa shape index (κ1) is 23.3. The van der Waals surface area contributed by atoms with Crippen molar-refractivity contribution in [2.45, 2.75) is 18.4 Å². The average Bonchev–Trinajstić information content (AvgIpc) is 3.22. The van der Waals surface area contributed by atoms with Gasteiger partial charge in [0, 0.05) is 24.6 Å². The molecule has 2 N–H and O–H groups in total. The van der Waals surface area contributed by atoms with E-state index in [1.54, 1.807) is 28.8 Å². The molecule has 0 atom stereocenters. The lowest BCUT2D eigenvalue weighted by Crippen LogP contribution is -2.26. The fourth-order valence-corrected chi connectivity index (χ4v) is 3.72. The summed E-state index contributed by atoms with van der Waals surface area (Å²) in [4.78, 5) is 24.4. The average molecular weight is 483 g/mol. The standard InChI is InChI=1S/C23H20F2N6O2S/c1-14-2-4-15(5-3-14)23(33)26-11-10-20-29-28-19-8-9-22(30-31(19)20)34-13-21(32)27-18-7-6-16(24)12-17(18)25/h2-9,12H,10-11,13H2,1H3,(H,26,33)(H,27,32). The summed E-state index contributed by atoms with van der Waals surface area (Å²) in [5.74, 6) is -1.68. The third-order valence-electron chi connectivity index (χ3n) is 4.81. The Morgan fingerprint density at radius 1 is 1.03 bits per heavy atom. The van der Waals surface area contributed by atoms with Crippen molar-refractivity contribution in [3.8, 4) is 0 Å². The van der Waals surface area contributed by atoms with Gasteiger partial charge in [-0.05, 0) is 43.3 Å². The lowest BCUT2D eigenvalue weighted by atomic mass is 10.1. The summed E-state index contributed by atoms with van der Waals surface area (Å²) < 4.78 is 28.3. The van der Waals surface area contributed by atoms with E-state index in [1.807, 2.05) is 19.1 Å². The number of benzene rings is 2. The second-order valence-electron chi connectivity index (χ2n) is 7.39. The number of aromatic nitrogens is 4. The number of carbonyl (C=O) groups excluding carboxylic acids is 2. The maximum absolute atomic E-state index is 13.7. The highest BCUT2D eigenvalue weighted by atomic mass is 32.2. The molecule has 2 aromatic carbocycles. The van der Waals surface area contributed by atoms with Gasteiger partial charge in [0.25, 0.3) is 5.91 Å². The predicted octanol–water partition coefficient (Wildman–Crippen LogP) is 3.41. The van der Waals surface area contributed by atoms with Crippen LogP contribution < -0.4 is 10.6 Å². The normalized spacial score (nSPS) is 10.9. The van der Waals surface area contributed by atoms with E-state index in [1.165, 1.54) is 6.07 Å². The Morgan fingerprint density at radius 3 is 2.59 bits per heavy atom. The molecule has 0 spiro atoms. The molecular formula is C23H20F2N6O2S. The third kappa shape index (κ3) is 5.73. The summed E-state index contributed by atoms with van der Waals surface area (Å²) in [5.41, 5.74) is 2.09. The van der Waals surface area contributed by atoms with Crippen molar-refractivity contribution in [2.75, 3.05) is 17.6 Å². The maximum atomic E-state index is 13.7. The van der Waals surface area contributed by atoms with Gasteiger partial charge in [-0.2, -0.15) is 9.61 Å². The smallest absolute Gasteiger partial charge is 0.251 e. The predicted molar refractivity (Wildman–Crippen MR) is 124 cm³/mol. The second-order valence-corrected chi connectivity index (χ2v) is 8.39. The SMILES string of the molecule is Cc1ccc(C(=O)NCCc2nnc3ccc(SCC(=O)Nc4ccc(F)cc4F)nn23)cc1. The minimum absolute atomic E-state index is 0.0284. The molecule has 0 aliphatic carbocycles. The van der Waals surface area contributed by atoms with Gasteiger partial charge in [0.05, 0.1) is 11.4 Å². The van der Waals surface area contributed by atoms with E-state index in [4.69, 9.17) is 0 Å². The molecule has 4 aromatic rings. The molecule has 0 saturated heterocycles. The zero-order valence-electron chi connectivity index (χ0n) is 18.1. The number of carbonyl (C=O) groups is 2. The number of nitrogens with zero attached hydrogens (tertiary/aromatic N) is 4. The molecule has 174 valence electrons. The summed E-state index contributed by atoms with van der Waals surface area (Å²) in [5, 5.41) is 18.4. The van der Waals surface area contributed by atoms with Crippen molar-refractivity contribution < 1.29 is 18.4 Å². The molecule has 0 unspecified atom stereocenters. The van der Waals surface area contributed by atoms with Gasteiger partial charge in [-0.15, -0.1) is 10.2 Å². The summed E-state index contributed by atoms with van der Waals surface area (Å²) in [6, 6.07) is 13.6. The third-order valence-corrected chi connectivity index (χ3v) is 5.73. The van der Waals surface area contributed by atoms with Gasteiger partial charge in [0.2, 0.25) is 5.91 Å². The van der Waals surface area contributed by atoms with Crippen LogP contribution in [0.2, 0.25) is 0 Å². The highest BCUT2D eigenvalue weighted by Gasteiger charge is 2.12. The van der Waals surface area contributed by atoms with Crippen LogP contribution in [0.15, 0.2) is 59.6 Å². The number of aryl methyl sites for hydroxylation is 1. The number of thioether (sulfide) groups is 1. The fraction of sp³-hybridized carbons (Fsp3) is 0.174. The molecule has 0 radical (unpaired) electrons. The van der Waals surface area contributed by atoms with Crippen molar-refractivity contribution in [3.05, 3.63) is 83.2 Å². The van der Waals surface area contributed by atoms with E-state index in [9.17, 15) is 18.4 Å². The van der Waals surface area contributed by atoms with Gasteiger partial charge in [-0.25, -0.2) is 8.78 Å². The van der Waals surface area contributed by atoms with Crippen molar-refractivity contribution in [1.82, 2.24) is 25.1 Å². The van der Waals surface area contributed by atoms with Crippen LogP contribution in [0.3, 0.4) is 0 Å². The zero-order valence-corrected chi connectivity index (χ0v) is 18.9. The molecule has 0 fully saturated rings. The molecule has 0 aliphatic rings. The summed E-state index contributed by atoms with van der Waals surface area (Å²) in [6.07, 6.45) is 0.407. The fourth-order valence-electron chi connectivity index (χ4n) is 3.06. The Balaban J connectivity index is 1.33. The number of hydrogen-bond donors (Lipinski definition) is 2. The van der Waals surface area contributed by atoms with Crippen molar-refractivity contribution in [3.63, 3.8) is 0 Å². The quantitative estimate of drug-likeness (QED) is 0.373. The first-order valence-corrected chi connectivity index (χ1v) is 11.3. The number of rotatable bonds is 8. The molecule has 4 rings (SSSR count). The van der Waals surface area contributed by atoms with Crippen LogP contribution in [0.1, 0.15) is 21.7 Å². The molecule has 2 aromatic heterocycles. The van der Waals surface area contributed by atoms with Crippen LogP contribution in [0.4, 0.5) is 14.5 Å². The molecule has 0 saturated carbocycles. The molecule has 8 nitrogen and oxygen atoms in total. The largest absolute Gasteiger partial charge is 0.352 e. The summed E-state index contributed by atoms with van der Waals surface area (Å²) in [7, 11) is 0. The highest BCUT2D eigenvalue weighted by molar-refractivity contribution is 7.99. The Morgan fingerprint density at radius 2 is 1.82 bits per heavy atom. The van der Waals surface area contributed by atoms with Gasteiger partial charge in [-0.1, -0.05) is 29.5 Å². The molecule has 34 heavy (non-hydrogen) atoms. The molecule has 11 heteroatoms. The highest BCUT2D eigenvalue weighted by Crippen LogP contribution is 2.19. The van der Waals surface area contributed by atoms with Crippen LogP contribution >= 0.6 is 11.8 Å². The first-order chi connectivity index (χ1) is 16.4. The van der Waals surface area contributed by atoms with Gasteiger partial charge in [-0.3, -0.25) is 9.59 Å². The number of amides is 2. The summed E-state index contributed by atoms with van der Waals surface area (Å²) in [6.45, 7) is 2.30.